The quantitative estimate of drug-likeness (QED) is 0.786. The highest BCUT2D eigenvalue weighted by molar-refractivity contribution is 5.56. The molecule has 0 aliphatic rings. The maximum absolute atomic E-state index is 12.6. The van der Waals surface area contributed by atoms with Gasteiger partial charge in [0.2, 0.25) is 0 Å². The van der Waals surface area contributed by atoms with Gasteiger partial charge in [-0.2, -0.15) is 13.2 Å². The monoisotopic (exact) mass is 333 g/mol. The average molecular weight is 333 g/mol. The number of hydrogen-bond acceptors (Lipinski definition) is 4. The van der Waals surface area contributed by atoms with Crippen LogP contribution in [-0.2, 0) is 6.18 Å². The molecule has 2 heterocycles. The summed E-state index contributed by atoms with van der Waals surface area (Å²) < 4.78 is 39.5. The predicted octanol–water partition coefficient (Wildman–Crippen LogP) is 4.04. The first-order valence-corrected chi connectivity index (χ1v) is 7.12. The summed E-state index contributed by atoms with van der Waals surface area (Å²) in [6, 6.07) is 4.74. The lowest BCUT2D eigenvalue weighted by Gasteiger charge is -2.10. The fourth-order valence-corrected chi connectivity index (χ4v) is 2.27. The highest BCUT2D eigenvalue weighted by Crippen LogP contribution is 2.30. The Kier molecular flexibility index (Phi) is 3.96. The van der Waals surface area contributed by atoms with E-state index in [9.17, 15) is 13.2 Å². The van der Waals surface area contributed by atoms with Crippen molar-refractivity contribution in [3.63, 3.8) is 0 Å². The SMILES string of the molecule is Cc1cn(-c2cncc(Nc3ccc(C(F)(F)F)cc3)n2)c(C)n1. The first-order chi connectivity index (χ1) is 11.3. The third-order valence-electron chi connectivity index (χ3n) is 3.36. The normalized spacial score (nSPS) is 11.5. The number of alkyl halides is 3. The molecular weight excluding hydrogens is 319 g/mol. The standard InChI is InChI=1S/C16H14F3N5/c1-10-9-24(11(2)21-10)15-8-20-7-14(23-15)22-13-5-3-12(4-6-13)16(17,18)19/h3-9H,1-2H3,(H,22,23). The van der Waals surface area contributed by atoms with E-state index in [0.29, 0.717) is 17.3 Å². The van der Waals surface area contributed by atoms with Gasteiger partial charge in [0.05, 0.1) is 23.7 Å². The molecule has 3 aromatic rings. The number of rotatable bonds is 3. The van der Waals surface area contributed by atoms with Crippen LogP contribution in [0.2, 0.25) is 0 Å². The smallest absolute Gasteiger partial charge is 0.339 e. The van der Waals surface area contributed by atoms with Crippen LogP contribution in [0.5, 0.6) is 0 Å². The Balaban J connectivity index is 1.84. The molecule has 0 fully saturated rings. The third kappa shape index (κ3) is 3.37. The third-order valence-corrected chi connectivity index (χ3v) is 3.36. The molecule has 0 aliphatic heterocycles. The van der Waals surface area contributed by atoms with Crippen molar-refractivity contribution in [3.05, 3.63) is 59.9 Å². The number of anilines is 2. The highest BCUT2D eigenvalue weighted by Gasteiger charge is 2.29. The van der Waals surface area contributed by atoms with Crippen molar-refractivity contribution in [1.82, 2.24) is 19.5 Å². The Morgan fingerprint density at radius 2 is 1.71 bits per heavy atom. The molecule has 24 heavy (non-hydrogen) atoms. The number of aryl methyl sites for hydroxylation is 2. The first-order valence-electron chi connectivity index (χ1n) is 7.12. The second-order valence-electron chi connectivity index (χ2n) is 5.26. The van der Waals surface area contributed by atoms with Crippen molar-refractivity contribution in [2.45, 2.75) is 20.0 Å². The van der Waals surface area contributed by atoms with Gasteiger partial charge in [-0.3, -0.25) is 9.55 Å². The van der Waals surface area contributed by atoms with Gasteiger partial charge in [-0.25, -0.2) is 9.97 Å². The van der Waals surface area contributed by atoms with E-state index < -0.39 is 11.7 Å². The molecule has 0 atom stereocenters. The van der Waals surface area contributed by atoms with Crippen LogP contribution in [0.3, 0.4) is 0 Å². The molecule has 0 radical (unpaired) electrons. The number of benzene rings is 1. The summed E-state index contributed by atoms with van der Waals surface area (Å²) in [5.74, 6) is 1.77. The number of nitrogens with one attached hydrogen (secondary N) is 1. The lowest BCUT2D eigenvalue weighted by Crippen LogP contribution is -2.05. The van der Waals surface area contributed by atoms with Gasteiger partial charge >= 0.3 is 6.18 Å². The fourth-order valence-electron chi connectivity index (χ4n) is 2.27. The Morgan fingerprint density at radius 1 is 1.00 bits per heavy atom. The lowest BCUT2D eigenvalue weighted by atomic mass is 10.2. The van der Waals surface area contributed by atoms with Crippen molar-refractivity contribution in [1.29, 1.82) is 0 Å². The van der Waals surface area contributed by atoms with Gasteiger partial charge in [0.15, 0.2) is 11.6 Å². The number of imidazole rings is 1. The summed E-state index contributed by atoms with van der Waals surface area (Å²) >= 11 is 0. The zero-order valence-electron chi connectivity index (χ0n) is 13.0. The molecule has 3 rings (SSSR count). The van der Waals surface area contributed by atoms with E-state index in [4.69, 9.17) is 0 Å². The molecule has 1 N–H and O–H groups in total. The first kappa shape index (κ1) is 16.0. The molecular formula is C16H14F3N5. The molecule has 0 unspecified atom stereocenters. The summed E-state index contributed by atoms with van der Waals surface area (Å²) in [4.78, 5) is 12.8. The minimum absolute atomic E-state index is 0.429. The summed E-state index contributed by atoms with van der Waals surface area (Å²) in [5, 5.41) is 2.94. The van der Waals surface area contributed by atoms with Crippen LogP contribution in [0.25, 0.3) is 5.82 Å². The van der Waals surface area contributed by atoms with Crippen LogP contribution in [0.4, 0.5) is 24.7 Å². The molecule has 5 nitrogen and oxygen atoms in total. The average Bonchev–Trinajstić information content (AvgIpc) is 2.86. The summed E-state index contributed by atoms with van der Waals surface area (Å²) in [6.07, 6.45) is 0.572. The minimum atomic E-state index is -4.35. The highest BCUT2D eigenvalue weighted by atomic mass is 19.4. The molecule has 0 saturated heterocycles. The minimum Gasteiger partial charge on any atom is -0.339 e. The van der Waals surface area contributed by atoms with E-state index >= 15 is 0 Å². The Labute approximate surface area is 136 Å². The molecule has 0 spiro atoms. The van der Waals surface area contributed by atoms with E-state index in [-0.39, 0.29) is 0 Å². The van der Waals surface area contributed by atoms with Crippen molar-refractivity contribution < 1.29 is 13.2 Å². The van der Waals surface area contributed by atoms with Gasteiger partial charge in [0.25, 0.3) is 0 Å². The molecule has 0 aliphatic carbocycles. The van der Waals surface area contributed by atoms with Gasteiger partial charge in [-0.05, 0) is 38.1 Å². The van der Waals surface area contributed by atoms with Gasteiger partial charge in [-0.1, -0.05) is 0 Å². The van der Waals surface area contributed by atoms with Gasteiger partial charge < -0.3 is 5.32 Å². The lowest BCUT2D eigenvalue weighted by molar-refractivity contribution is -0.137. The molecule has 0 amide bonds. The summed E-state index contributed by atoms with van der Waals surface area (Å²) in [6.45, 7) is 3.73. The zero-order valence-corrected chi connectivity index (χ0v) is 13.0. The van der Waals surface area contributed by atoms with E-state index in [1.54, 1.807) is 10.8 Å². The summed E-state index contributed by atoms with van der Waals surface area (Å²) in [7, 11) is 0. The van der Waals surface area contributed by atoms with Crippen LogP contribution < -0.4 is 5.32 Å². The number of aromatic nitrogens is 4. The Bertz CT molecular complexity index is 853. The number of nitrogens with zero attached hydrogens (tertiary/aromatic N) is 4. The van der Waals surface area contributed by atoms with Crippen LogP contribution in [0, 0.1) is 13.8 Å². The van der Waals surface area contributed by atoms with Crippen LogP contribution >= 0.6 is 0 Å². The Morgan fingerprint density at radius 3 is 2.29 bits per heavy atom. The van der Waals surface area contributed by atoms with E-state index in [1.807, 2.05) is 20.0 Å². The van der Waals surface area contributed by atoms with E-state index in [2.05, 4.69) is 20.3 Å². The number of halogens is 3. The molecule has 0 bridgehead atoms. The largest absolute Gasteiger partial charge is 0.416 e. The van der Waals surface area contributed by atoms with Crippen LogP contribution in [-0.4, -0.2) is 19.5 Å². The fraction of sp³-hybridized carbons (Fsp3) is 0.188. The van der Waals surface area contributed by atoms with Crippen molar-refractivity contribution in [3.8, 4) is 5.82 Å². The Hall–Kier alpha value is -2.90. The van der Waals surface area contributed by atoms with E-state index in [1.165, 1.54) is 18.3 Å². The second kappa shape index (κ2) is 5.95. The molecule has 1 aromatic carbocycles. The van der Waals surface area contributed by atoms with Crippen molar-refractivity contribution in [2.75, 3.05) is 5.32 Å². The van der Waals surface area contributed by atoms with Gasteiger partial charge in [-0.15, -0.1) is 0 Å². The molecule has 8 heteroatoms. The van der Waals surface area contributed by atoms with Crippen molar-refractivity contribution in [2.24, 2.45) is 0 Å². The molecule has 124 valence electrons. The second-order valence-corrected chi connectivity index (χ2v) is 5.26. The van der Waals surface area contributed by atoms with Crippen LogP contribution in [0.15, 0.2) is 42.9 Å². The maximum Gasteiger partial charge on any atom is 0.416 e. The van der Waals surface area contributed by atoms with Crippen molar-refractivity contribution >= 4 is 11.5 Å². The van der Waals surface area contributed by atoms with E-state index in [0.717, 1.165) is 23.7 Å². The van der Waals surface area contributed by atoms with Gasteiger partial charge in [0, 0.05) is 11.9 Å². The summed E-state index contributed by atoms with van der Waals surface area (Å²) in [5.41, 5.74) is 0.654. The predicted molar refractivity (Wildman–Crippen MR) is 83.4 cm³/mol. The van der Waals surface area contributed by atoms with Gasteiger partial charge in [0.1, 0.15) is 5.82 Å². The zero-order chi connectivity index (χ0) is 17.3. The number of hydrogen-bond donors (Lipinski definition) is 1. The molecule has 0 saturated carbocycles. The maximum atomic E-state index is 12.6. The topological polar surface area (TPSA) is 55.6 Å². The molecule has 2 aromatic heterocycles. The van der Waals surface area contributed by atoms with Crippen LogP contribution in [0.1, 0.15) is 17.1 Å².